The molecule has 3 atom stereocenters. The Labute approximate surface area is 123 Å². The summed E-state index contributed by atoms with van der Waals surface area (Å²) in [7, 11) is 0. The van der Waals surface area contributed by atoms with Gasteiger partial charge in [-0.25, -0.2) is 0 Å². The Balaban J connectivity index is 1.60. The first-order valence-electron chi connectivity index (χ1n) is 7.57. The molecule has 1 aromatic heterocycles. The zero-order valence-electron chi connectivity index (χ0n) is 12.3. The molecule has 4 heteroatoms. The van der Waals surface area contributed by atoms with E-state index in [1.807, 2.05) is 30.5 Å². The van der Waals surface area contributed by atoms with E-state index in [4.69, 9.17) is 4.74 Å². The van der Waals surface area contributed by atoms with Gasteiger partial charge in [0.05, 0.1) is 17.2 Å². The van der Waals surface area contributed by atoms with Gasteiger partial charge in [0.25, 0.3) is 5.91 Å². The molecule has 1 saturated carbocycles. The van der Waals surface area contributed by atoms with Gasteiger partial charge in [-0.3, -0.25) is 4.79 Å². The molecule has 2 aromatic rings. The average Bonchev–Trinajstić information content (AvgIpc) is 3.11. The fraction of sp³-hybridized carbons (Fsp3) is 0.471. The van der Waals surface area contributed by atoms with E-state index in [1.165, 1.54) is 0 Å². The molecule has 3 unspecified atom stereocenters. The van der Waals surface area contributed by atoms with E-state index < -0.39 is 0 Å². The van der Waals surface area contributed by atoms with E-state index in [9.17, 15) is 4.79 Å². The molecule has 0 radical (unpaired) electrons. The number of hydrogen-bond donors (Lipinski definition) is 2. The first-order valence-corrected chi connectivity index (χ1v) is 7.57. The lowest BCUT2D eigenvalue weighted by molar-refractivity contribution is -0.108. The number of rotatable bonds is 2. The Kier molecular flexibility index (Phi) is 2.67. The van der Waals surface area contributed by atoms with Crippen LogP contribution in [-0.2, 0) is 4.74 Å². The highest BCUT2D eigenvalue weighted by Gasteiger charge is 2.59. The van der Waals surface area contributed by atoms with E-state index in [-0.39, 0.29) is 17.4 Å². The normalized spacial score (nSPS) is 29.9. The third-order valence-corrected chi connectivity index (χ3v) is 5.22. The zero-order chi connectivity index (χ0) is 14.6. The first-order chi connectivity index (χ1) is 10.1. The number of carbonyl (C=O) groups is 1. The predicted octanol–water partition coefficient (Wildman–Crippen LogP) is 2.71. The first kappa shape index (κ1) is 12.9. The van der Waals surface area contributed by atoms with Crippen molar-refractivity contribution >= 4 is 16.8 Å². The van der Waals surface area contributed by atoms with Crippen LogP contribution in [0.25, 0.3) is 10.9 Å². The van der Waals surface area contributed by atoms with Crippen molar-refractivity contribution in [1.29, 1.82) is 0 Å². The Bertz CT molecular complexity index is 704. The standard InChI is InChI=1S/C17H20N2O2/c1-17(2)14(12-7-9-21-15(12)17)19-16(20)11-5-3-4-10-6-8-18-13(10)11/h3-6,8,12,14-15,18H,7,9H2,1-2H3,(H,19,20). The number of benzene rings is 1. The largest absolute Gasteiger partial charge is 0.377 e. The molecule has 1 aliphatic carbocycles. The van der Waals surface area contributed by atoms with Gasteiger partial charge in [0.2, 0.25) is 0 Å². The van der Waals surface area contributed by atoms with E-state index in [1.54, 1.807) is 0 Å². The topological polar surface area (TPSA) is 54.1 Å². The van der Waals surface area contributed by atoms with Gasteiger partial charge >= 0.3 is 0 Å². The molecule has 1 saturated heterocycles. The van der Waals surface area contributed by atoms with Crippen LogP contribution in [0.4, 0.5) is 0 Å². The number of fused-ring (bicyclic) bond motifs is 2. The zero-order valence-corrected chi connectivity index (χ0v) is 12.3. The van der Waals surface area contributed by atoms with Crippen LogP contribution in [-0.4, -0.2) is 29.6 Å². The molecule has 110 valence electrons. The van der Waals surface area contributed by atoms with E-state index in [2.05, 4.69) is 24.1 Å². The fourth-order valence-electron chi connectivity index (χ4n) is 4.11. The summed E-state index contributed by atoms with van der Waals surface area (Å²) >= 11 is 0. The summed E-state index contributed by atoms with van der Waals surface area (Å²) in [5.74, 6) is 0.471. The number of nitrogens with one attached hydrogen (secondary N) is 2. The van der Waals surface area contributed by atoms with E-state index in [0.717, 1.165) is 29.5 Å². The van der Waals surface area contributed by atoms with Gasteiger partial charge in [-0.15, -0.1) is 0 Å². The van der Waals surface area contributed by atoms with E-state index in [0.29, 0.717) is 12.0 Å². The van der Waals surface area contributed by atoms with Crippen molar-refractivity contribution < 1.29 is 9.53 Å². The smallest absolute Gasteiger partial charge is 0.253 e. The summed E-state index contributed by atoms with van der Waals surface area (Å²) in [4.78, 5) is 15.8. The van der Waals surface area contributed by atoms with Crippen LogP contribution in [0, 0.1) is 11.3 Å². The number of carbonyl (C=O) groups excluding carboxylic acids is 1. The Morgan fingerprint density at radius 2 is 2.24 bits per heavy atom. The Morgan fingerprint density at radius 1 is 1.38 bits per heavy atom. The minimum Gasteiger partial charge on any atom is -0.377 e. The number of amides is 1. The van der Waals surface area contributed by atoms with Crippen molar-refractivity contribution in [2.75, 3.05) is 6.61 Å². The van der Waals surface area contributed by atoms with Crippen LogP contribution in [0.5, 0.6) is 0 Å². The molecule has 2 heterocycles. The van der Waals surface area contributed by atoms with Crippen molar-refractivity contribution in [2.45, 2.75) is 32.4 Å². The molecule has 4 rings (SSSR count). The summed E-state index contributed by atoms with van der Waals surface area (Å²) in [6, 6.07) is 8.00. The monoisotopic (exact) mass is 284 g/mol. The molecule has 0 spiro atoms. The van der Waals surface area contributed by atoms with Crippen molar-refractivity contribution in [3.63, 3.8) is 0 Å². The highest BCUT2D eigenvalue weighted by atomic mass is 16.5. The lowest BCUT2D eigenvalue weighted by Crippen LogP contribution is -2.66. The second-order valence-electron chi connectivity index (χ2n) is 6.76. The van der Waals surface area contributed by atoms with Gasteiger partial charge in [-0.05, 0) is 18.6 Å². The summed E-state index contributed by atoms with van der Waals surface area (Å²) in [6.07, 6.45) is 3.21. The van der Waals surface area contributed by atoms with Crippen molar-refractivity contribution in [2.24, 2.45) is 11.3 Å². The van der Waals surface area contributed by atoms with Crippen LogP contribution < -0.4 is 5.32 Å². The Hall–Kier alpha value is -1.81. The van der Waals surface area contributed by atoms with E-state index >= 15 is 0 Å². The Morgan fingerprint density at radius 3 is 3.10 bits per heavy atom. The third-order valence-electron chi connectivity index (χ3n) is 5.22. The van der Waals surface area contributed by atoms with Crippen molar-refractivity contribution in [3.8, 4) is 0 Å². The molecule has 4 nitrogen and oxygen atoms in total. The van der Waals surface area contributed by atoms with Gasteiger partial charge in [-0.2, -0.15) is 0 Å². The number of aromatic amines is 1. The maximum Gasteiger partial charge on any atom is 0.253 e. The lowest BCUT2D eigenvalue weighted by Gasteiger charge is -2.54. The minimum absolute atomic E-state index is 0.00600. The van der Waals surface area contributed by atoms with Crippen LogP contribution >= 0.6 is 0 Å². The number of H-pyrrole nitrogens is 1. The highest BCUT2D eigenvalue weighted by molar-refractivity contribution is 6.05. The average molecular weight is 284 g/mol. The van der Waals surface area contributed by atoms with Gasteiger partial charge in [0, 0.05) is 35.6 Å². The summed E-state index contributed by atoms with van der Waals surface area (Å²) in [6.45, 7) is 5.18. The number of hydrogen-bond acceptors (Lipinski definition) is 2. The quantitative estimate of drug-likeness (QED) is 0.891. The van der Waals surface area contributed by atoms with Crippen LogP contribution in [0.1, 0.15) is 30.6 Å². The highest BCUT2D eigenvalue weighted by Crippen LogP contribution is 2.52. The summed E-state index contributed by atoms with van der Waals surface area (Å²) < 4.78 is 5.79. The molecular formula is C17H20N2O2. The second kappa shape index (κ2) is 4.34. The molecule has 2 N–H and O–H groups in total. The SMILES string of the molecule is CC1(C)C(NC(=O)c2cccc3cc[nH]c23)C2CCOC21. The molecule has 21 heavy (non-hydrogen) atoms. The molecule has 0 bridgehead atoms. The summed E-state index contributed by atoms with van der Waals surface area (Å²) in [5, 5.41) is 4.30. The minimum atomic E-state index is 0.00600. The third kappa shape index (κ3) is 1.75. The van der Waals surface area contributed by atoms with Crippen LogP contribution in [0.15, 0.2) is 30.5 Å². The maximum absolute atomic E-state index is 12.7. The molecule has 1 aliphatic heterocycles. The maximum atomic E-state index is 12.7. The fourth-order valence-corrected chi connectivity index (χ4v) is 4.11. The number of para-hydroxylation sites is 1. The van der Waals surface area contributed by atoms with Crippen LogP contribution in [0.2, 0.25) is 0 Å². The van der Waals surface area contributed by atoms with Crippen molar-refractivity contribution in [1.82, 2.24) is 10.3 Å². The molecule has 1 amide bonds. The summed E-state index contributed by atoms with van der Waals surface area (Å²) in [5.41, 5.74) is 1.64. The van der Waals surface area contributed by atoms with Crippen LogP contribution in [0.3, 0.4) is 0 Å². The van der Waals surface area contributed by atoms with Gasteiger partial charge in [0.1, 0.15) is 0 Å². The molecule has 2 aliphatic rings. The predicted molar refractivity (Wildman–Crippen MR) is 81.2 cm³/mol. The van der Waals surface area contributed by atoms with Gasteiger partial charge < -0.3 is 15.0 Å². The van der Waals surface area contributed by atoms with Gasteiger partial charge in [0.15, 0.2) is 0 Å². The second-order valence-corrected chi connectivity index (χ2v) is 6.76. The molecule has 1 aromatic carbocycles. The van der Waals surface area contributed by atoms with Crippen molar-refractivity contribution in [3.05, 3.63) is 36.0 Å². The number of aromatic nitrogens is 1. The molecule has 2 fully saturated rings. The molecular weight excluding hydrogens is 264 g/mol. The van der Waals surface area contributed by atoms with Gasteiger partial charge in [-0.1, -0.05) is 26.0 Å². The number of ether oxygens (including phenoxy) is 1. The lowest BCUT2D eigenvalue weighted by atomic mass is 9.57.